The second-order valence-corrected chi connectivity index (χ2v) is 4.46. The molecule has 19 heavy (non-hydrogen) atoms. The number of esters is 1. The number of hydrogen-bond donors (Lipinski definition) is 0. The van der Waals surface area contributed by atoms with Gasteiger partial charge in [0.05, 0.1) is 20.6 Å². The fourth-order valence-corrected chi connectivity index (χ4v) is 2.13. The van der Waals surface area contributed by atoms with Crippen LogP contribution < -0.4 is 14.2 Å². The molecular formula is C15H18O4. The zero-order chi connectivity index (χ0) is 13.7. The Bertz CT molecular complexity index is 479. The highest BCUT2D eigenvalue weighted by molar-refractivity contribution is 5.73. The lowest BCUT2D eigenvalue weighted by molar-refractivity contribution is -0.135. The summed E-state index contributed by atoms with van der Waals surface area (Å²) in [6.45, 7) is 0. The van der Waals surface area contributed by atoms with Crippen LogP contribution in [0.2, 0.25) is 0 Å². The van der Waals surface area contributed by atoms with E-state index in [0.29, 0.717) is 29.6 Å². The molecule has 1 aromatic carbocycles. The highest BCUT2D eigenvalue weighted by Crippen LogP contribution is 2.31. The summed E-state index contributed by atoms with van der Waals surface area (Å²) in [5.74, 6) is 1.73. The zero-order valence-electron chi connectivity index (χ0n) is 11.2. The highest BCUT2D eigenvalue weighted by Gasteiger charge is 2.16. The first-order valence-corrected chi connectivity index (χ1v) is 6.32. The predicted octanol–water partition coefficient (Wildman–Crippen LogP) is 2.97. The largest absolute Gasteiger partial charge is 0.493 e. The van der Waals surface area contributed by atoms with Gasteiger partial charge in [0.25, 0.3) is 0 Å². The van der Waals surface area contributed by atoms with E-state index >= 15 is 0 Å². The Labute approximate surface area is 113 Å². The Morgan fingerprint density at radius 2 is 2.05 bits per heavy atom. The van der Waals surface area contributed by atoms with Crippen molar-refractivity contribution in [3.8, 4) is 17.2 Å². The third-order valence-corrected chi connectivity index (χ3v) is 3.13. The molecule has 0 N–H and O–H groups in total. The lowest BCUT2D eigenvalue weighted by Gasteiger charge is -2.11. The van der Waals surface area contributed by atoms with Crippen molar-refractivity contribution < 1.29 is 19.0 Å². The van der Waals surface area contributed by atoms with Gasteiger partial charge in [0.1, 0.15) is 5.75 Å². The quantitative estimate of drug-likeness (QED) is 0.465. The fraction of sp³-hybridized carbons (Fsp3) is 0.400. The minimum absolute atomic E-state index is 0.219. The maximum absolute atomic E-state index is 11.8. The van der Waals surface area contributed by atoms with Crippen LogP contribution in [0.15, 0.2) is 30.4 Å². The molecule has 1 atom stereocenters. The van der Waals surface area contributed by atoms with E-state index in [9.17, 15) is 4.79 Å². The molecule has 2 rings (SSSR count). The number of carbonyl (C=O) groups excluding carboxylic acids is 1. The zero-order valence-corrected chi connectivity index (χ0v) is 11.2. The van der Waals surface area contributed by atoms with Crippen LogP contribution in [0.25, 0.3) is 0 Å². The molecule has 0 amide bonds. The Morgan fingerprint density at radius 3 is 2.68 bits per heavy atom. The molecule has 0 radical (unpaired) electrons. The molecule has 0 aliphatic heterocycles. The van der Waals surface area contributed by atoms with E-state index in [4.69, 9.17) is 14.2 Å². The van der Waals surface area contributed by atoms with Gasteiger partial charge < -0.3 is 14.2 Å². The Balaban J connectivity index is 1.98. The first kappa shape index (κ1) is 13.5. The van der Waals surface area contributed by atoms with Crippen LogP contribution in [-0.4, -0.2) is 20.2 Å². The van der Waals surface area contributed by atoms with Crippen molar-refractivity contribution >= 4 is 5.97 Å². The van der Waals surface area contributed by atoms with Crippen LogP contribution in [0, 0.1) is 5.92 Å². The molecule has 0 spiro atoms. The summed E-state index contributed by atoms with van der Waals surface area (Å²) in [6.07, 6.45) is 6.68. The third-order valence-electron chi connectivity index (χ3n) is 3.13. The molecule has 4 heteroatoms. The SMILES string of the molecule is COc1ccc(OC(=O)CC2C=CCC2)cc1OC. The second-order valence-electron chi connectivity index (χ2n) is 4.46. The van der Waals surface area contributed by atoms with E-state index in [2.05, 4.69) is 12.2 Å². The minimum atomic E-state index is -0.219. The van der Waals surface area contributed by atoms with Gasteiger partial charge in [0.2, 0.25) is 0 Å². The standard InChI is InChI=1S/C15H18O4/c1-17-13-8-7-12(10-14(13)18-2)19-15(16)9-11-5-3-4-6-11/h3,5,7-8,10-11H,4,6,9H2,1-2H3. The van der Waals surface area contributed by atoms with Crippen molar-refractivity contribution in [1.29, 1.82) is 0 Å². The van der Waals surface area contributed by atoms with Gasteiger partial charge in [-0.2, -0.15) is 0 Å². The summed E-state index contributed by atoms with van der Waals surface area (Å²) in [5, 5.41) is 0. The number of benzene rings is 1. The molecule has 1 aliphatic rings. The molecular weight excluding hydrogens is 244 g/mol. The lowest BCUT2D eigenvalue weighted by atomic mass is 10.1. The molecule has 0 aromatic heterocycles. The van der Waals surface area contributed by atoms with Gasteiger partial charge >= 0.3 is 5.97 Å². The summed E-state index contributed by atoms with van der Waals surface area (Å²) in [4.78, 5) is 11.8. The van der Waals surface area contributed by atoms with Gasteiger partial charge in [-0.25, -0.2) is 0 Å². The van der Waals surface area contributed by atoms with Gasteiger partial charge in [-0.05, 0) is 30.9 Å². The minimum Gasteiger partial charge on any atom is -0.493 e. The summed E-state index contributed by atoms with van der Waals surface area (Å²) in [6, 6.07) is 5.07. The van der Waals surface area contributed by atoms with Crippen LogP contribution in [0.1, 0.15) is 19.3 Å². The monoisotopic (exact) mass is 262 g/mol. The highest BCUT2D eigenvalue weighted by atomic mass is 16.5. The number of ether oxygens (including phenoxy) is 3. The molecule has 102 valence electrons. The normalized spacial score (nSPS) is 17.3. The van der Waals surface area contributed by atoms with Crippen molar-refractivity contribution in [2.75, 3.05) is 14.2 Å². The van der Waals surface area contributed by atoms with Crippen molar-refractivity contribution in [3.63, 3.8) is 0 Å². The molecule has 1 unspecified atom stereocenters. The second kappa shape index (κ2) is 6.27. The molecule has 1 aromatic rings. The van der Waals surface area contributed by atoms with E-state index in [1.165, 1.54) is 0 Å². The van der Waals surface area contributed by atoms with Gasteiger partial charge in [-0.15, -0.1) is 0 Å². The number of allylic oxidation sites excluding steroid dienone is 2. The average molecular weight is 262 g/mol. The van der Waals surface area contributed by atoms with E-state index in [-0.39, 0.29) is 5.97 Å². The number of hydrogen-bond acceptors (Lipinski definition) is 4. The van der Waals surface area contributed by atoms with E-state index in [0.717, 1.165) is 12.8 Å². The van der Waals surface area contributed by atoms with Gasteiger partial charge in [-0.1, -0.05) is 12.2 Å². The molecule has 1 aliphatic carbocycles. The van der Waals surface area contributed by atoms with Gasteiger partial charge in [-0.3, -0.25) is 4.79 Å². The van der Waals surface area contributed by atoms with Gasteiger partial charge in [0, 0.05) is 6.07 Å². The molecule has 4 nitrogen and oxygen atoms in total. The molecule has 0 bridgehead atoms. The maximum Gasteiger partial charge on any atom is 0.311 e. The summed E-state index contributed by atoms with van der Waals surface area (Å²) < 4.78 is 15.6. The Morgan fingerprint density at radius 1 is 1.26 bits per heavy atom. The maximum atomic E-state index is 11.8. The summed E-state index contributed by atoms with van der Waals surface area (Å²) >= 11 is 0. The third kappa shape index (κ3) is 3.50. The topological polar surface area (TPSA) is 44.8 Å². The Hall–Kier alpha value is -1.97. The fourth-order valence-electron chi connectivity index (χ4n) is 2.13. The predicted molar refractivity (Wildman–Crippen MR) is 71.7 cm³/mol. The first-order valence-electron chi connectivity index (χ1n) is 6.32. The lowest BCUT2D eigenvalue weighted by Crippen LogP contribution is -2.12. The van der Waals surface area contributed by atoms with Crippen LogP contribution in [0.5, 0.6) is 17.2 Å². The Kier molecular flexibility index (Phi) is 4.44. The summed E-state index contributed by atoms with van der Waals surface area (Å²) in [7, 11) is 3.11. The molecule has 0 heterocycles. The number of carbonyl (C=O) groups is 1. The van der Waals surface area contributed by atoms with Gasteiger partial charge in [0.15, 0.2) is 11.5 Å². The smallest absolute Gasteiger partial charge is 0.311 e. The molecule has 0 saturated carbocycles. The van der Waals surface area contributed by atoms with Crippen molar-refractivity contribution in [3.05, 3.63) is 30.4 Å². The van der Waals surface area contributed by atoms with E-state index in [1.807, 2.05) is 0 Å². The van der Waals surface area contributed by atoms with Crippen molar-refractivity contribution in [2.45, 2.75) is 19.3 Å². The molecule has 0 fully saturated rings. The first-order chi connectivity index (χ1) is 9.22. The number of methoxy groups -OCH3 is 2. The van der Waals surface area contributed by atoms with Crippen molar-refractivity contribution in [2.24, 2.45) is 5.92 Å². The van der Waals surface area contributed by atoms with E-state index < -0.39 is 0 Å². The molecule has 0 saturated heterocycles. The van der Waals surface area contributed by atoms with Crippen molar-refractivity contribution in [1.82, 2.24) is 0 Å². The van der Waals surface area contributed by atoms with Crippen LogP contribution in [0.4, 0.5) is 0 Å². The van der Waals surface area contributed by atoms with Crippen LogP contribution in [0.3, 0.4) is 0 Å². The van der Waals surface area contributed by atoms with E-state index in [1.54, 1.807) is 32.4 Å². The van der Waals surface area contributed by atoms with Crippen LogP contribution in [-0.2, 0) is 4.79 Å². The number of rotatable bonds is 5. The average Bonchev–Trinajstić information content (AvgIpc) is 2.91. The van der Waals surface area contributed by atoms with Crippen LogP contribution >= 0.6 is 0 Å². The summed E-state index contributed by atoms with van der Waals surface area (Å²) in [5.41, 5.74) is 0.